The number of amides is 1. The summed E-state index contributed by atoms with van der Waals surface area (Å²) < 4.78 is 6.03. The van der Waals surface area contributed by atoms with Gasteiger partial charge in [0.05, 0.1) is 5.60 Å². The molecule has 1 amide bonds. The van der Waals surface area contributed by atoms with Gasteiger partial charge in [-0.1, -0.05) is 19.9 Å². The van der Waals surface area contributed by atoms with Gasteiger partial charge in [-0.15, -0.1) is 0 Å². The molecular formula is C25H39N5O2. The molecule has 0 saturated carbocycles. The second-order valence-corrected chi connectivity index (χ2v) is 10.3. The number of pyridine rings is 1. The van der Waals surface area contributed by atoms with Crippen LogP contribution in [0.2, 0.25) is 0 Å². The zero-order valence-corrected chi connectivity index (χ0v) is 20.2. The maximum absolute atomic E-state index is 12.7. The second-order valence-electron chi connectivity index (χ2n) is 10.3. The zero-order valence-electron chi connectivity index (χ0n) is 20.2. The third-order valence-corrected chi connectivity index (χ3v) is 6.63. The minimum atomic E-state index is -0.195. The van der Waals surface area contributed by atoms with Gasteiger partial charge < -0.3 is 15.0 Å². The van der Waals surface area contributed by atoms with Crippen molar-refractivity contribution in [2.24, 2.45) is 5.92 Å². The zero-order chi connectivity index (χ0) is 23.2. The predicted octanol–water partition coefficient (Wildman–Crippen LogP) is 2.60. The van der Waals surface area contributed by atoms with E-state index in [1.165, 1.54) is 0 Å². The molecule has 0 spiro atoms. The maximum atomic E-state index is 12.7. The van der Waals surface area contributed by atoms with E-state index < -0.39 is 0 Å². The lowest BCUT2D eigenvalue weighted by atomic mass is 9.79. The molecule has 2 aliphatic heterocycles. The summed E-state index contributed by atoms with van der Waals surface area (Å²) in [5, 5.41) is 12.2. The van der Waals surface area contributed by atoms with E-state index in [9.17, 15) is 4.79 Å². The Morgan fingerprint density at radius 2 is 2.03 bits per heavy atom. The smallest absolute Gasteiger partial charge is 0.220 e. The molecule has 2 saturated heterocycles. The van der Waals surface area contributed by atoms with Gasteiger partial charge in [-0.25, -0.2) is 4.98 Å². The third kappa shape index (κ3) is 6.74. The number of aryl methyl sites for hydroxylation is 1. The van der Waals surface area contributed by atoms with Gasteiger partial charge >= 0.3 is 0 Å². The molecule has 7 heteroatoms. The molecule has 1 unspecified atom stereocenters. The molecule has 1 aromatic heterocycles. The number of hydrogen-bond donors (Lipinski definition) is 1. The first-order valence-electron chi connectivity index (χ1n) is 12.0. The molecule has 32 heavy (non-hydrogen) atoms. The van der Waals surface area contributed by atoms with Crippen LogP contribution in [-0.4, -0.2) is 77.7 Å². The van der Waals surface area contributed by atoms with Gasteiger partial charge in [0.25, 0.3) is 0 Å². The molecule has 0 radical (unpaired) electrons. The fourth-order valence-electron chi connectivity index (χ4n) is 5.18. The fourth-order valence-corrected chi connectivity index (χ4v) is 5.18. The molecule has 3 rings (SSSR count). The van der Waals surface area contributed by atoms with E-state index in [0.717, 1.165) is 57.9 Å². The Morgan fingerprint density at radius 1 is 1.28 bits per heavy atom. The predicted molar refractivity (Wildman–Crippen MR) is 125 cm³/mol. The van der Waals surface area contributed by atoms with Crippen molar-refractivity contribution in [3.63, 3.8) is 0 Å². The molecule has 1 aromatic rings. The van der Waals surface area contributed by atoms with Gasteiger partial charge in [0.1, 0.15) is 11.8 Å². The number of ether oxygens (including phenoxy) is 1. The van der Waals surface area contributed by atoms with E-state index in [2.05, 4.69) is 53.9 Å². The highest BCUT2D eigenvalue weighted by molar-refractivity contribution is 5.76. The van der Waals surface area contributed by atoms with Crippen molar-refractivity contribution in [3.8, 4) is 6.07 Å². The molecule has 0 bridgehead atoms. The number of rotatable bonds is 8. The van der Waals surface area contributed by atoms with E-state index in [0.29, 0.717) is 31.0 Å². The SMILES string of the molecule is CC(C)CN1CCN(C2(CNC(=O)CCc3cccc(C#N)n3)CCOC(C)(C)C2)CC1. The molecule has 1 N–H and O–H groups in total. The van der Waals surface area contributed by atoms with Crippen LogP contribution in [0.25, 0.3) is 0 Å². The topological polar surface area (TPSA) is 81.5 Å². The Hall–Kier alpha value is -2.01. The van der Waals surface area contributed by atoms with Crippen LogP contribution in [0.3, 0.4) is 0 Å². The van der Waals surface area contributed by atoms with Crippen LogP contribution in [0, 0.1) is 17.2 Å². The monoisotopic (exact) mass is 441 g/mol. The molecule has 3 heterocycles. The van der Waals surface area contributed by atoms with E-state index in [1.54, 1.807) is 6.07 Å². The lowest BCUT2D eigenvalue weighted by Crippen LogP contribution is -2.65. The highest BCUT2D eigenvalue weighted by Crippen LogP contribution is 2.37. The normalized spacial score (nSPS) is 24.2. The number of nitriles is 1. The van der Waals surface area contributed by atoms with Gasteiger partial charge in [-0.05, 0) is 51.2 Å². The Labute approximate surface area is 193 Å². The van der Waals surface area contributed by atoms with Gasteiger partial charge in [-0.3, -0.25) is 9.69 Å². The Morgan fingerprint density at radius 3 is 2.69 bits per heavy atom. The summed E-state index contributed by atoms with van der Waals surface area (Å²) in [7, 11) is 0. The number of piperazine rings is 1. The van der Waals surface area contributed by atoms with Gasteiger partial charge in [-0.2, -0.15) is 5.26 Å². The van der Waals surface area contributed by atoms with E-state index in [4.69, 9.17) is 10.00 Å². The van der Waals surface area contributed by atoms with Crippen molar-refractivity contribution in [1.29, 1.82) is 5.26 Å². The average Bonchev–Trinajstić information content (AvgIpc) is 2.76. The quantitative estimate of drug-likeness (QED) is 0.668. The maximum Gasteiger partial charge on any atom is 0.220 e. The standard InChI is InChI=1S/C25H39N5O2/c1-20(2)17-29-11-13-30(14-12-29)25(10-15-32-24(3,4)18-25)19-27-23(31)9-8-21-6-5-7-22(16-26)28-21/h5-7,20H,8-15,17-19H2,1-4H3,(H,27,31). The van der Waals surface area contributed by atoms with E-state index in [-0.39, 0.29) is 17.0 Å². The summed E-state index contributed by atoms with van der Waals surface area (Å²) in [5.74, 6) is 0.719. The Bertz CT molecular complexity index is 811. The number of aromatic nitrogens is 1. The summed E-state index contributed by atoms with van der Waals surface area (Å²) in [6.45, 7) is 15.6. The molecule has 1 atom stereocenters. The molecule has 2 aliphatic rings. The Kier molecular flexibility index (Phi) is 8.26. The summed E-state index contributed by atoms with van der Waals surface area (Å²) in [6.07, 6.45) is 2.76. The van der Waals surface area contributed by atoms with Crippen molar-refractivity contribution in [3.05, 3.63) is 29.6 Å². The van der Waals surface area contributed by atoms with Crippen LogP contribution in [0.1, 0.15) is 58.3 Å². The highest BCUT2D eigenvalue weighted by Gasteiger charge is 2.45. The summed E-state index contributed by atoms with van der Waals surface area (Å²) in [5.41, 5.74) is 0.908. The Balaban J connectivity index is 1.59. The van der Waals surface area contributed by atoms with Crippen molar-refractivity contribution >= 4 is 5.91 Å². The van der Waals surface area contributed by atoms with Crippen LogP contribution >= 0.6 is 0 Å². The number of nitrogens with zero attached hydrogens (tertiary/aromatic N) is 4. The first-order valence-corrected chi connectivity index (χ1v) is 12.0. The first-order chi connectivity index (χ1) is 15.2. The molecular weight excluding hydrogens is 402 g/mol. The summed E-state index contributed by atoms with van der Waals surface area (Å²) in [4.78, 5) is 22.1. The molecule has 7 nitrogen and oxygen atoms in total. The van der Waals surface area contributed by atoms with E-state index in [1.807, 2.05) is 12.1 Å². The molecule has 0 aliphatic carbocycles. The van der Waals surface area contributed by atoms with Crippen LogP contribution in [0.15, 0.2) is 18.2 Å². The molecule has 176 valence electrons. The van der Waals surface area contributed by atoms with Crippen molar-refractivity contribution in [2.75, 3.05) is 45.9 Å². The van der Waals surface area contributed by atoms with E-state index >= 15 is 0 Å². The van der Waals surface area contributed by atoms with Crippen LogP contribution in [0.4, 0.5) is 0 Å². The molecule has 0 aromatic carbocycles. The highest BCUT2D eigenvalue weighted by atomic mass is 16.5. The van der Waals surface area contributed by atoms with Gasteiger partial charge in [0.15, 0.2) is 0 Å². The number of carbonyl (C=O) groups is 1. The van der Waals surface area contributed by atoms with Crippen molar-refractivity contribution in [2.45, 2.75) is 64.5 Å². The second kappa shape index (κ2) is 10.7. The third-order valence-electron chi connectivity index (χ3n) is 6.63. The number of hydrogen-bond acceptors (Lipinski definition) is 6. The van der Waals surface area contributed by atoms with Crippen LogP contribution in [0.5, 0.6) is 0 Å². The molecule has 2 fully saturated rings. The minimum absolute atomic E-state index is 0.0382. The summed E-state index contributed by atoms with van der Waals surface area (Å²) in [6, 6.07) is 7.42. The summed E-state index contributed by atoms with van der Waals surface area (Å²) >= 11 is 0. The van der Waals surface area contributed by atoms with Gasteiger partial charge in [0.2, 0.25) is 5.91 Å². The van der Waals surface area contributed by atoms with Crippen LogP contribution < -0.4 is 5.32 Å². The lowest BCUT2D eigenvalue weighted by Gasteiger charge is -2.53. The van der Waals surface area contributed by atoms with Crippen LogP contribution in [-0.2, 0) is 16.0 Å². The number of nitrogens with one attached hydrogen (secondary N) is 1. The first kappa shape index (κ1) is 24.6. The lowest BCUT2D eigenvalue weighted by molar-refractivity contribution is -0.133. The number of carbonyl (C=O) groups excluding carboxylic acids is 1. The largest absolute Gasteiger partial charge is 0.375 e. The van der Waals surface area contributed by atoms with Crippen molar-refractivity contribution < 1.29 is 9.53 Å². The average molecular weight is 442 g/mol. The van der Waals surface area contributed by atoms with Gasteiger partial charge in [0, 0.05) is 63.5 Å². The fraction of sp³-hybridized carbons (Fsp3) is 0.720. The van der Waals surface area contributed by atoms with Crippen molar-refractivity contribution in [1.82, 2.24) is 20.1 Å². The minimum Gasteiger partial charge on any atom is -0.375 e.